The van der Waals surface area contributed by atoms with Crippen molar-refractivity contribution in [2.24, 2.45) is 5.92 Å². The van der Waals surface area contributed by atoms with E-state index in [-0.39, 0.29) is 11.5 Å². The number of aromatic nitrogens is 3. The molecule has 1 aromatic carbocycles. The maximum atomic E-state index is 14.0. The number of hydrogen-bond acceptors (Lipinski definition) is 5. The molecule has 2 aromatic heterocycles. The molecule has 0 N–H and O–H groups in total. The molecular formula is C18H17FN4OS. The van der Waals surface area contributed by atoms with E-state index in [1.165, 1.54) is 28.4 Å². The standard InChI is InChI=1S/C18H17FN4OS/c1-12(2)11-23(17(24)14-5-3-4-6-15(14)19)18-22-21-16(25-18)13-7-9-20-10-8-13/h3-10,12H,11H2,1-2H3. The molecule has 25 heavy (non-hydrogen) atoms. The summed E-state index contributed by atoms with van der Waals surface area (Å²) in [6.07, 6.45) is 3.35. The van der Waals surface area contributed by atoms with E-state index < -0.39 is 11.7 Å². The quantitative estimate of drug-likeness (QED) is 0.692. The molecule has 0 unspecified atom stereocenters. The van der Waals surface area contributed by atoms with E-state index in [1.807, 2.05) is 26.0 Å². The Morgan fingerprint density at radius 3 is 2.56 bits per heavy atom. The van der Waals surface area contributed by atoms with Crippen molar-refractivity contribution in [3.05, 3.63) is 60.2 Å². The molecule has 3 aromatic rings. The van der Waals surface area contributed by atoms with Crippen LogP contribution in [-0.4, -0.2) is 27.6 Å². The predicted molar refractivity (Wildman–Crippen MR) is 96.1 cm³/mol. The van der Waals surface area contributed by atoms with Crippen LogP contribution in [0, 0.1) is 11.7 Å². The Balaban J connectivity index is 1.95. The normalized spacial score (nSPS) is 10.9. The average molecular weight is 356 g/mol. The molecule has 3 rings (SSSR count). The van der Waals surface area contributed by atoms with Gasteiger partial charge >= 0.3 is 0 Å². The van der Waals surface area contributed by atoms with Crippen LogP contribution < -0.4 is 4.90 Å². The van der Waals surface area contributed by atoms with Crippen LogP contribution in [0.4, 0.5) is 9.52 Å². The van der Waals surface area contributed by atoms with E-state index in [0.717, 1.165) is 5.56 Å². The van der Waals surface area contributed by atoms with Crippen LogP contribution in [-0.2, 0) is 0 Å². The van der Waals surface area contributed by atoms with E-state index in [0.29, 0.717) is 16.7 Å². The molecule has 128 valence electrons. The molecule has 0 aliphatic carbocycles. The van der Waals surface area contributed by atoms with Gasteiger partial charge in [0.05, 0.1) is 5.56 Å². The average Bonchev–Trinajstić information content (AvgIpc) is 3.10. The number of nitrogens with zero attached hydrogens (tertiary/aromatic N) is 4. The summed E-state index contributed by atoms with van der Waals surface area (Å²) in [6, 6.07) is 9.63. The number of benzene rings is 1. The Hall–Kier alpha value is -2.67. The highest BCUT2D eigenvalue weighted by atomic mass is 32.1. The highest BCUT2D eigenvalue weighted by molar-refractivity contribution is 7.18. The lowest BCUT2D eigenvalue weighted by Gasteiger charge is -2.21. The minimum absolute atomic E-state index is 0.0313. The topological polar surface area (TPSA) is 59.0 Å². The fourth-order valence-electron chi connectivity index (χ4n) is 2.33. The fraction of sp³-hybridized carbons (Fsp3) is 0.222. The van der Waals surface area contributed by atoms with Crippen molar-refractivity contribution < 1.29 is 9.18 Å². The van der Waals surface area contributed by atoms with Crippen LogP contribution in [0.15, 0.2) is 48.8 Å². The first-order valence-electron chi connectivity index (χ1n) is 7.86. The molecule has 0 saturated heterocycles. The van der Waals surface area contributed by atoms with Crippen molar-refractivity contribution in [3.63, 3.8) is 0 Å². The molecule has 0 bridgehead atoms. The van der Waals surface area contributed by atoms with E-state index >= 15 is 0 Å². The molecule has 7 heteroatoms. The Morgan fingerprint density at radius 1 is 1.16 bits per heavy atom. The number of amides is 1. The van der Waals surface area contributed by atoms with Gasteiger partial charge in [0.2, 0.25) is 5.13 Å². The van der Waals surface area contributed by atoms with E-state index in [1.54, 1.807) is 24.5 Å². The van der Waals surface area contributed by atoms with Gasteiger partial charge in [-0.1, -0.05) is 37.3 Å². The lowest BCUT2D eigenvalue weighted by Crippen LogP contribution is -2.34. The van der Waals surface area contributed by atoms with Crippen LogP contribution in [0.3, 0.4) is 0 Å². The van der Waals surface area contributed by atoms with Gasteiger partial charge < -0.3 is 0 Å². The van der Waals surface area contributed by atoms with E-state index in [9.17, 15) is 9.18 Å². The summed E-state index contributed by atoms with van der Waals surface area (Å²) in [5.74, 6) is -0.756. The van der Waals surface area contributed by atoms with Gasteiger partial charge in [-0.05, 0) is 30.2 Å². The molecule has 0 aliphatic rings. The van der Waals surface area contributed by atoms with Gasteiger partial charge in [-0.25, -0.2) is 4.39 Å². The van der Waals surface area contributed by atoms with Crippen LogP contribution in [0.1, 0.15) is 24.2 Å². The molecule has 2 heterocycles. The molecule has 0 fully saturated rings. The third-order valence-corrected chi connectivity index (χ3v) is 4.46. The van der Waals surface area contributed by atoms with Crippen molar-refractivity contribution >= 4 is 22.4 Å². The number of rotatable bonds is 5. The molecule has 1 amide bonds. The zero-order chi connectivity index (χ0) is 17.8. The first-order valence-corrected chi connectivity index (χ1v) is 8.68. The third kappa shape index (κ3) is 3.88. The van der Waals surface area contributed by atoms with Crippen LogP contribution >= 0.6 is 11.3 Å². The molecule has 0 spiro atoms. The Kier molecular flexibility index (Phi) is 5.14. The van der Waals surface area contributed by atoms with Crippen molar-refractivity contribution in [1.29, 1.82) is 0 Å². The summed E-state index contributed by atoms with van der Waals surface area (Å²) in [5.41, 5.74) is 0.908. The van der Waals surface area contributed by atoms with Gasteiger partial charge in [-0.2, -0.15) is 0 Å². The maximum absolute atomic E-state index is 14.0. The van der Waals surface area contributed by atoms with Crippen molar-refractivity contribution in [1.82, 2.24) is 15.2 Å². The Labute approximate surface area is 149 Å². The second kappa shape index (κ2) is 7.48. The summed E-state index contributed by atoms with van der Waals surface area (Å²) < 4.78 is 14.0. The molecule has 0 aliphatic heterocycles. The monoisotopic (exact) mass is 356 g/mol. The summed E-state index contributed by atoms with van der Waals surface area (Å²) in [5, 5.41) is 9.46. The van der Waals surface area contributed by atoms with Crippen LogP contribution in [0.5, 0.6) is 0 Å². The summed E-state index contributed by atoms with van der Waals surface area (Å²) in [4.78, 5) is 18.3. The van der Waals surface area contributed by atoms with Gasteiger partial charge in [-0.15, -0.1) is 10.2 Å². The lowest BCUT2D eigenvalue weighted by molar-refractivity contribution is 0.0980. The van der Waals surface area contributed by atoms with Gasteiger partial charge in [-0.3, -0.25) is 14.7 Å². The second-order valence-electron chi connectivity index (χ2n) is 5.92. The smallest absolute Gasteiger partial charge is 0.263 e. The highest BCUT2D eigenvalue weighted by Crippen LogP contribution is 2.30. The largest absolute Gasteiger partial charge is 0.282 e. The van der Waals surface area contributed by atoms with Crippen molar-refractivity contribution in [2.75, 3.05) is 11.4 Å². The van der Waals surface area contributed by atoms with Gasteiger partial charge in [0.1, 0.15) is 10.8 Å². The van der Waals surface area contributed by atoms with Crippen LogP contribution in [0.2, 0.25) is 0 Å². The number of anilines is 1. The molecule has 0 radical (unpaired) electrons. The second-order valence-corrected chi connectivity index (χ2v) is 6.87. The predicted octanol–water partition coefficient (Wildman–Crippen LogP) is 4.04. The maximum Gasteiger partial charge on any atom is 0.263 e. The zero-order valence-electron chi connectivity index (χ0n) is 13.9. The summed E-state index contributed by atoms with van der Waals surface area (Å²) in [6.45, 7) is 4.41. The lowest BCUT2D eigenvalue weighted by atomic mass is 10.1. The molecule has 5 nitrogen and oxygen atoms in total. The number of carbonyl (C=O) groups excluding carboxylic acids is 1. The van der Waals surface area contributed by atoms with E-state index in [4.69, 9.17) is 0 Å². The first-order chi connectivity index (χ1) is 12.1. The first kappa shape index (κ1) is 17.2. The zero-order valence-corrected chi connectivity index (χ0v) is 14.7. The Bertz CT molecular complexity index is 866. The number of pyridine rings is 1. The van der Waals surface area contributed by atoms with Gasteiger partial charge in [0.15, 0.2) is 0 Å². The highest BCUT2D eigenvalue weighted by Gasteiger charge is 2.24. The minimum Gasteiger partial charge on any atom is -0.282 e. The molecule has 0 saturated carbocycles. The minimum atomic E-state index is -0.542. The molecule has 0 atom stereocenters. The van der Waals surface area contributed by atoms with Crippen LogP contribution in [0.25, 0.3) is 10.6 Å². The van der Waals surface area contributed by atoms with E-state index in [2.05, 4.69) is 15.2 Å². The fourth-order valence-corrected chi connectivity index (χ4v) is 3.19. The summed E-state index contributed by atoms with van der Waals surface area (Å²) >= 11 is 1.30. The SMILES string of the molecule is CC(C)CN(C(=O)c1ccccc1F)c1nnc(-c2ccncc2)s1. The third-order valence-electron chi connectivity index (χ3n) is 3.47. The molecular weight excluding hydrogens is 339 g/mol. The van der Waals surface area contributed by atoms with Gasteiger partial charge in [0.25, 0.3) is 5.91 Å². The Morgan fingerprint density at radius 2 is 1.88 bits per heavy atom. The van der Waals surface area contributed by atoms with Gasteiger partial charge in [0, 0.05) is 24.5 Å². The number of hydrogen-bond donors (Lipinski definition) is 0. The summed E-state index contributed by atoms with van der Waals surface area (Å²) in [7, 11) is 0. The number of halogens is 1. The number of carbonyl (C=O) groups is 1. The van der Waals surface area contributed by atoms with Crippen molar-refractivity contribution in [2.45, 2.75) is 13.8 Å². The van der Waals surface area contributed by atoms with Crippen molar-refractivity contribution in [3.8, 4) is 10.6 Å².